The molecule has 0 saturated heterocycles. The van der Waals surface area contributed by atoms with Gasteiger partial charge in [-0.3, -0.25) is 4.98 Å². The summed E-state index contributed by atoms with van der Waals surface area (Å²) in [6.45, 7) is 0. The largest absolute Gasteiger partial charge is 0.386 e. The highest BCUT2D eigenvalue weighted by Crippen LogP contribution is 2.53. The summed E-state index contributed by atoms with van der Waals surface area (Å²) < 4.78 is 5.41. The summed E-state index contributed by atoms with van der Waals surface area (Å²) in [6, 6.07) is 11.1. The van der Waals surface area contributed by atoms with Crippen LogP contribution < -0.4 is 0 Å². The highest BCUT2D eigenvalue weighted by atomic mass is 35.5. The molecule has 1 saturated carbocycles. The van der Waals surface area contributed by atoms with Crippen molar-refractivity contribution in [2.75, 3.05) is 7.11 Å². The number of ether oxygens (including phenoxy) is 1. The van der Waals surface area contributed by atoms with Crippen LogP contribution in [-0.4, -0.2) is 23.3 Å². The monoisotopic (exact) mass is 337 g/mol. The van der Waals surface area contributed by atoms with Crippen molar-refractivity contribution in [3.05, 3.63) is 63.9 Å². The van der Waals surface area contributed by atoms with Crippen molar-refractivity contribution < 1.29 is 9.84 Å². The lowest BCUT2D eigenvalue weighted by atomic mass is 9.59. The van der Waals surface area contributed by atoms with Crippen LogP contribution >= 0.6 is 23.2 Å². The maximum atomic E-state index is 10.9. The van der Waals surface area contributed by atoms with E-state index in [4.69, 9.17) is 27.9 Å². The topological polar surface area (TPSA) is 42.4 Å². The third-order valence-corrected chi connectivity index (χ3v) is 5.24. The lowest BCUT2D eigenvalue weighted by Gasteiger charge is -2.50. The molecular formula is C17H17Cl2NO2. The standard InChI is InChI=1S/C17H17Cl2NO2/c1-22-12-9-17(10-12,11-5-6-13(18)14(19)8-11)16(21)15-4-2-3-7-20-15/h2-8,12,16,21H,9-10H2,1H3/t12-,16-,17+/m1/s1. The minimum Gasteiger partial charge on any atom is -0.386 e. The van der Waals surface area contributed by atoms with Crippen molar-refractivity contribution in [2.45, 2.75) is 30.5 Å². The number of benzene rings is 1. The Kier molecular flexibility index (Phi) is 4.42. The van der Waals surface area contributed by atoms with Crippen molar-refractivity contribution >= 4 is 23.2 Å². The summed E-state index contributed by atoms with van der Waals surface area (Å²) in [5.74, 6) is 0. The minimum absolute atomic E-state index is 0.132. The predicted molar refractivity (Wildman–Crippen MR) is 87.4 cm³/mol. The third-order valence-electron chi connectivity index (χ3n) is 4.50. The van der Waals surface area contributed by atoms with E-state index in [1.165, 1.54) is 0 Å². The molecule has 0 amide bonds. The quantitative estimate of drug-likeness (QED) is 0.910. The molecule has 0 aliphatic heterocycles. The number of aliphatic hydroxyl groups is 1. The van der Waals surface area contributed by atoms with Gasteiger partial charge < -0.3 is 9.84 Å². The van der Waals surface area contributed by atoms with Gasteiger partial charge in [0.15, 0.2) is 0 Å². The molecule has 1 aliphatic rings. The van der Waals surface area contributed by atoms with Gasteiger partial charge in [0.05, 0.1) is 21.8 Å². The second kappa shape index (κ2) is 6.17. The first kappa shape index (κ1) is 15.8. The first-order chi connectivity index (χ1) is 10.6. The summed E-state index contributed by atoms with van der Waals surface area (Å²) in [5, 5.41) is 11.9. The molecule has 116 valence electrons. The predicted octanol–water partition coefficient (Wildman–Crippen LogP) is 4.17. The third kappa shape index (κ3) is 2.63. The molecular weight excluding hydrogens is 321 g/mol. The zero-order valence-corrected chi connectivity index (χ0v) is 13.7. The van der Waals surface area contributed by atoms with Crippen LogP contribution in [0.4, 0.5) is 0 Å². The van der Waals surface area contributed by atoms with Crippen molar-refractivity contribution in [1.82, 2.24) is 4.98 Å². The van der Waals surface area contributed by atoms with E-state index in [9.17, 15) is 5.11 Å². The molecule has 1 aromatic carbocycles. The summed E-state index contributed by atoms with van der Waals surface area (Å²) >= 11 is 12.2. The van der Waals surface area contributed by atoms with E-state index < -0.39 is 11.5 Å². The Hall–Kier alpha value is -1.13. The van der Waals surface area contributed by atoms with Gasteiger partial charge in [0.1, 0.15) is 6.10 Å². The van der Waals surface area contributed by atoms with E-state index in [0.29, 0.717) is 15.7 Å². The van der Waals surface area contributed by atoms with Gasteiger partial charge in [0, 0.05) is 18.7 Å². The van der Waals surface area contributed by atoms with E-state index in [1.54, 1.807) is 19.4 Å². The van der Waals surface area contributed by atoms with Crippen molar-refractivity contribution in [3.8, 4) is 0 Å². The molecule has 22 heavy (non-hydrogen) atoms. The van der Waals surface area contributed by atoms with Gasteiger partial charge in [0.2, 0.25) is 0 Å². The lowest BCUT2D eigenvalue weighted by molar-refractivity contribution is -0.0776. The zero-order chi connectivity index (χ0) is 15.7. The SMILES string of the molecule is CO[C@H]1C[C@@](c2ccc(Cl)c(Cl)c2)([C@H](O)c2ccccn2)C1. The number of halogens is 2. The fourth-order valence-corrected chi connectivity index (χ4v) is 3.46. The van der Waals surface area contributed by atoms with Gasteiger partial charge in [-0.2, -0.15) is 0 Å². The molecule has 5 heteroatoms. The van der Waals surface area contributed by atoms with E-state index >= 15 is 0 Å². The molecule has 1 aromatic heterocycles. The maximum Gasteiger partial charge on any atom is 0.106 e. The Bertz CT molecular complexity index is 657. The summed E-state index contributed by atoms with van der Waals surface area (Å²) in [4.78, 5) is 4.29. The van der Waals surface area contributed by atoms with E-state index in [0.717, 1.165) is 18.4 Å². The molecule has 1 aliphatic carbocycles. The molecule has 0 radical (unpaired) electrons. The Morgan fingerprint density at radius 1 is 1.23 bits per heavy atom. The number of aromatic nitrogens is 1. The fourth-order valence-electron chi connectivity index (χ4n) is 3.16. The van der Waals surface area contributed by atoms with E-state index in [1.807, 2.05) is 30.3 Å². The van der Waals surface area contributed by atoms with Crippen LogP contribution in [-0.2, 0) is 10.2 Å². The number of hydrogen-bond donors (Lipinski definition) is 1. The van der Waals surface area contributed by atoms with Gasteiger partial charge in [0.25, 0.3) is 0 Å². The number of aliphatic hydroxyl groups excluding tert-OH is 1. The van der Waals surface area contributed by atoms with Crippen LogP contribution in [0.3, 0.4) is 0 Å². The van der Waals surface area contributed by atoms with Gasteiger partial charge >= 0.3 is 0 Å². The van der Waals surface area contributed by atoms with Gasteiger partial charge in [-0.05, 0) is 42.7 Å². The highest BCUT2D eigenvalue weighted by Gasteiger charge is 2.51. The molecule has 3 rings (SSSR count). The summed E-state index contributed by atoms with van der Waals surface area (Å²) in [6.07, 6.45) is 2.55. The van der Waals surface area contributed by atoms with Crippen molar-refractivity contribution in [2.24, 2.45) is 0 Å². The smallest absolute Gasteiger partial charge is 0.106 e. The van der Waals surface area contributed by atoms with Crippen LogP contribution in [0.2, 0.25) is 10.0 Å². The highest BCUT2D eigenvalue weighted by molar-refractivity contribution is 6.42. The Balaban J connectivity index is 2.00. The molecule has 1 atom stereocenters. The molecule has 0 spiro atoms. The molecule has 1 N–H and O–H groups in total. The number of methoxy groups -OCH3 is 1. The van der Waals surface area contributed by atoms with Crippen LogP contribution in [0.15, 0.2) is 42.6 Å². The molecule has 1 fully saturated rings. The van der Waals surface area contributed by atoms with E-state index in [-0.39, 0.29) is 6.10 Å². The first-order valence-corrected chi connectivity index (χ1v) is 7.90. The molecule has 1 heterocycles. The van der Waals surface area contributed by atoms with Crippen LogP contribution in [0.5, 0.6) is 0 Å². The number of nitrogens with zero attached hydrogens (tertiary/aromatic N) is 1. The first-order valence-electron chi connectivity index (χ1n) is 7.14. The Morgan fingerprint density at radius 2 is 2.00 bits per heavy atom. The molecule has 0 bridgehead atoms. The van der Waals surface area contributed by atoms with Gasteiger partial charge in [-0.1, -0.05) is 35.3 Å². The second-order valence-electron chi connectivity index (χ2n) is 5.71. The molecule has 2 aromatic rings. The van der Waals surface area contributed by atoms with Gasteiger partial charge in [-0.15, -0.1) is 0 Å². The van der Waals surface area contributed by atoms with Gasteiger partial charge in [-0.25, -0.2) is 0 Å². The second-order valence-corrected chi connectivity index (χ2v) is 6.52. The zero-order valence-electron chi connectivity index (χ0n) is 12.2. The van der Waals surface area contributed by atoms with Crippen molar-refractivity contribution in [3.63, 3.8) is 0 Å². The average molecular weight is 338 g/mol. The Labute approximate surface area is 139 Å². The Morgan fingerprint density at radius 3 is 2.59 bits per heavy atom. The minimum atomic E-state index is -0.711. The van der Waals surface area contributed by atoms with Crippen LogP contribution in [0.25, 0.3) is 0 Å². The van der Waals surface area contributed by atoms with Crippen LogP contribution in [0.1, 0.15) is 30.2 Å². The summed E-state index contributed by atoms with van der Waals surface area (Å²) in [7, 11) is 1.69. The number of pyridine rings is 1. The number of rotatable bonds is 4. The van der Waals surface area contributed by atoms with Crippen molar-refractivity contribution in [1.29, 1.82) is 0 Å². The van der Waals surface area contributed by atoms with E-state index in [2.05, 4.69) is 4.98 Å². The lowest BCUT2D eigenvalue weighted by Crippen LogP contribution is -2.50. The summed E-state index contributed by atoms with van der Waals surface area (Å²) in [5.41, 5.74) is 1.18. The normalized spacial score (nSPS) is 25.5. The number of hydrogen-bond acceptors (Lipinski definition) is 3. The molecule has 0 unspecified atom stereocenters. The average Bonchev–Trinajstić information content (AvgIpc) is 2.50. The van der Waals surface area contributed by atoms with Crippen LogP contribution in [0, 0.1) is 0 Å². The maximum absolute atomic E-state index is 10.9. The molecule has 3 nitrogen and oxygen atoms in total. The fraction of sp³-hybridized carbons (Fsp3) is 0.353.